The van der Waals surface area contributed by atoms with Crippen molar-refractivity contribution in [3.63, 3.8) is 0 Å². The predicted molar refractivity (Wildman–Crippen MR) is 108 cm³/mol. The summed E-state index contributed by atoms with van der Waals surface area (Å²) in [5, 5.41) is 15.7. The van der Waals surface area contributed by atoms with E-state index in [1.807, 2.05) is 12.1 Å². The lowest BCUT2D eigenvalue weighted by Crippen LogP contribution is -2.38. The summed E-state index contributed by atoms with van der Waals surface area (Å²) < 4.78 is 5.21. The summed E-state index contributed by atoms with van der Waals surface area (Å²) >= 11 is 0. The zero-order chi connectivity index (χ0) is 20.3. The highest BCUT2D eigenvalue weighted by molar-refractivity contribution is 5.99. The number of ether oxygens (including phenoxy) is 1. The molecular weight excluding hydrogens is 356 g/mol. The van der Waals surface area contributed by atoms with Crippen molar-refractivity contribution in [3.05, 3.63) is 59.2 Å². The molecule has 1 aliphatic carbocycles. The first-order valence-corrected chi connectivity index (χ1v) is 9.42. The number of amides is 2. The number of phenols is 1. The van der Waals surface area contributed by atoms with Gasteiger partial charge in [0.05, 0.1) is 5.56 Å². The van der Waals surface area contributed by atoms with Gasteiger partial charge in [0.25, 0.3) is 5.91 Å². The van der Waals surface area contributed by atoms with Crippen molar-refractivity contribution in [2.45, 2.75) is 51.7 Å². The Hall–Kier alpha value is -3.02. The Morgan fingerprint density at radius 3 is 2.54 bits per heavy atom. The molecule has 0 saturated carbocycles. The number of fused-ring (bicyclic) bond motifs is 1. The minimum absolute atomic E-state index is 0.00395. The summed E-state index contributed by atoms with van der Waals surface area (Å²) in [7, 11) is 0. The lowest BCUT2D eigenvalue weighted by molar-refractivity contribution is 0.0635. The fourth-order valence-electron chi connectivity index (χ4n) is 3.30. The van der Waals surface area contributed by atoms with Crippen LogP contribution in [-0.2, 0) is 17.6 Å². The van der Waals surface area contributed by atoms with E-state index in [-0.39, 0.29) is 23.3 Å². The number of aromatic hydroxyl groups is 1. The van der Waals surface area contributed by atoms with Crippen LogP contribution in [0, 0.1) is 0 Å². The summed E-state index contributed by atoms with van der Waals surface area (Å²) in [5.41, 5.74) is 2.43. The minimum atomic E-state index is -0.627. The maximum Gasteiger partial charge on any atom is 0.412 e. The van der Waals surface area contributed by atoms with Gasteiger partial charge in [-0.3, -0.25) is 10.1 Å². The number of hydrogen-bond acceptors (Lipinski definition) is 4. The van der Waals surface area contributed by atoms with Crippen molar-refractivity contribution >= 4 is 17.7 Å². The zero-order valence-electron chi connectivity index (χ0n) is 16.4. The van der Waals surface area contributed by atoms with Gasteiger partial charge in [-0.15, -0.1) is 0 Å². The van der Waals surface area contributed by atoms with Crippen LogP contribution in [0.4, 0.5) is 10.5 Å². The van der Waals surface area contributed by atoms with Crippen molar-refractivity contribution in [2.24, 2.45) is 0 Å². The molecular formula is C22H26N2O4. The van der Waals surface area contributed by atoms with E-state index in [2.05, 4.69) is 22.8 Å². The molecule has 0 radical (unpaired) electrons. The number of nitrogens with one attached hydrogen (secondary N) is 2. The van der Waals surface area contributed by atoms with Crippen LogP contribution in [0.1, 0.15) is 48.7 Å². The second-order valence-corrected chi connectivity index (χ2v) is 8.04. The van der Waals surface area contributed by atoms with Gasteiger partial charge in [0, 0.05) is 11.7 Å². The molecule has 3 N–H and O–H groups in total. The highest BCUT2D eigenvalue weighted by Crippen LogP contribution is 2.24. The first-order valence-electron chi connectivity index (χ1n) is 9.42. The number of carbonyl (C=O) groups excluding carboxylic acids is 2. The van der Waals surface area contributed by atoms with Crippen molar-refractivity contribution in [3.8, 4) is 5.75 Å². The quantitative estimate of drug-likeness (QED) is 0.700. The smallest absolute Gasteiger partial charge is 0.412 e. The number of rotatable bonds is 3. The third-order valence-electron chi connectivity index (χ3n) is 4.57. The summed E-state index contributed by atoms with van der Waals surface area (Å²) in [5.74, 6) is -0.502. The van der Waals surface area contributed by atoms with Gasteiger partial charge >= 0.3 is 6.09 Å². The molecule has 28 heavy (non-hydrogen) atoms. The van der Waals surface area contributed by atoms with Crippen molar-refractivity contribution < 1.29 is 19.4 Å². The van der Waals surface area contributed by atoms with Crippen LogP contribution in [0.25, 0.3) is 0 Å². The number of aryl methyl sites for hydroxylation is 1. The molecule has 0 fully saturated rings. The largest absolute Gasteiger partial charge is 0.507 e. The van der Waals surface area contributed by atoms with Crippen LogP contribution in [0.5, 0.6) is 5.75 Å². The van der Waals surface area contributed by atoms with Crippen molar-refractivity contribution in [2.75, 3.05) is 5.32 Å². The third-order valence-corrected chi connectivity index (χ3v) is 4.57. The van der Waals surface area contributed by atoms with Gasteiger partial charge < -0.3 is 15.2 Å². The number of anilines is 1. The molecule has 0 saturated heterocycles. The molecule has 3 rings (SSSR count). The van der Waals surface area contributed by atoms with Crippen molar-refractivity contribution in [1.29, 1.82) is 0 Å². The molecule has 6 nitrogen and oxygen atoms in total. The highest BCUT2D eigenvalue weighted by Gasteiger charge is 2.22. The molecule has 2 aromatic carbocycles. The lowest BCUT2D eigenvalue weighted by atomic mass is 9.88. The monoisotopic (exact) mass is 382 g/mol. The Morgan fingerprint density at radius 1 is 1.11 bits per heavy atom. The Labute approximate surface area is 164 Å². The standard InChI is InChI=1S/C22H26N2O4/c1-22(2,3)28-21(27)24-17-10-11-19(25)18(13-17)20(26)23-16-9-8-14-6-4-5-7-15(14)12-16/h4-7,10-11,13,16,25H,8-9,12H2,1-3H3,(H,23,26)(H,24,27). The van der Waals surface area contributed by atoms with Gasteiger partial charge in [-0.25, -0.2) is 4.79 Å². The minimum Gasteiger partial charge on any atom is -0.507 e. The van der Waals surface area contributed by atoms with Gasteiger partial charge in [-0.1, -0.05) is 24.3 Å². The van der Waals surface area contributed by atoms with Crippen LogP contribution >= 0.6 is 0 Å². The van der Waals surface area contributed by atoms with Crippen LogP contribution in [0.15, 0.2) is 42.5 Å². The van der Waals surface area contributed by atoms with Crippen LogP contribution in [0.2, 0.25) is 0 Å². The molecule has 0 aliphatic heterocycles. The third kappa shape index (κ3) is 5.03. The number of carbonyl (C=O) groups is 2. The average Bonchev–Trinajstić information content (AvgIpc) is 2.61. The molecule has 1 unspecified atom stereocenters. The topological polar surface area (TPSA) is 87.7 Å². The van der Waals surface area contributed by atoms with E-state index in [1.165, 1.54) is 29.3 Å². The Kier molecular flexibility index (Phi) is 5.58. The van der Waals surface area contributed by atoms with E-state index in [0.29, 0.717) is 5.69 Å². The predicted octanol–water partition coefficient (Wildman–Crippen LogP) is 4.03. The van der Waals surface area contributed by atoms with E-state index in [4.69, 9.17) is 4.74 Å². The maximum atomic E-state index is 12.7. The fourth-order valence-corrected chi connectivity index (χ4v) is 3.30. The number of phenolic OH excluding ortho intramolecular Hbond substituents is 1. The van der Waals surface area contributed by atoms with Gasteiger partial charge in [-0.2, -0.15) is 0 Å². The Bertz CT molecular complexity index is 886. The Morgan fingerprint density at radius 2 is 1.82 bits per heavy atom. The molecule has 2 amide bonds. The molecule has 0 spiro atoms. The summed E-state index contributed by atoms with van der Waals surface area (Å²) in [6.07, 6.45) is 1.90. The van der Waals surface area contributed by atoms with E-state index >= 15 is 0 Å². The Balaban J connectivity index is 1.67. The van der Waals surface area contributed by atoms with Crippen LogP contribution in [0.3, 0.4) is 0 Å². The summed E-state index contributed by atoms with van der Waals surface area (Å²) in [4.78, 5) is 24.6. The average molecular weight is 382 g/mol. The first kappa shape index (κ1) is 19.7. The normalized spacial score (nSPS) is 16.0. The molecule has 0 aromatic heterocycles. The number of benzene rings is 2. The molecule has 0 heterocycles. The molecule has 0 bridgehead atoms. The summed E-state index contributed by atoms with van der Waals surface area (Å²) in [6.45, 7) is 5.31. The molecule has 2 aromatic rings. The first-order chi connectivity index (χ1) is 13.2. The molecule has 1 atom stereocenters. The van der Waals surface area contributed by atoms with Gasteiger partial charge in [-0.05, 0) is 69.4 Å². The van der Waals surface area contributed by atoms with E-state index in [0.717, 1.165) is 19.3 Å². The SMILES string of the molecule is CC(C)(C)OC(=O)Nc1ccc(O)c(C(=O)NC2CCc3ccccc3C2)c1. The maximum absolute atomic E-state index is 12.7. The van der Waals surface area contributed by atoms with Gasteiger partial charge in [0.2, 0.25) is 0 Å². The molecule has 6 heteroatoms. The zero-order valence-corrected chi connectivity index (χ0v) is 16.4. The van der Waals surface area contributed by atoms with Crippen LogP contribution in [-0.4, -0.2) is 28.7 Å². The van der Waals surface area contributed by atoms with Gasteiger partial charge in [0.15, 0.2) is 0 Å². The second kappa shape index (κ2) is 7.92. The fraction of sp³-hybridized carbons (Fsp3) is 0.364. The van der Waals surface area contributed by atoms with Crippen molar-refractivity contribution in [1.82, 2.24) is 5.32 Å². The van der Waals surface area contributed by atoms with E-state index in [1.54, 1.807) is 20.8 Å². The number of hydrogen-bond donors (Lipinski definition) is 3. The molecule has 1 aliphatic rings. The van der Waals surface area contributed by atoms with Crippen LogP contribution < -0.4 is 10.6 Å². The lowest BCUT2D eigenvalue weighted by Gasteiger charge is -2.25. The van der Waals surface area contributed by atoms with E-state index < -0.39 is 11.7 Å². The van der Waals surface area contributed by atoms with Gasteiger partial charge in [0.1, 0.15) is 11.4 Å². The van der Waals surface area contributed by atoms with E-state index in [9.17, 15) is 14.7 Å². The summed E-state index contributed by atoms with van der Waals surface area (Å²) in [6, 6.07) is 12.6. The molecule has 148 valence electrons. The highest BCUT2D eigenvalue weighted by atomic mass is 16.6. The second-order valence-electron chi connectivity index (χ2n) is 8.04.